The first-order valence-corrected chi connectivity index (χ1v) is 3.83. The molecule has 0 aliphatic heterocycles. The van der Waals surface area contributed by atoms with Gasteiger partial charge < -0.3 is 4.42 Å². The van der Waals surface area contributed by atoms with Crippen LogP contribution in [0.15, 0.2) is 15.6 Å². The van der Waals surface area contributed by atoms with Crippen LogP contribution in [0.1, 0.15) is 24.1 Å². The summed E-state index contributed by atoms with van der Waals surface area (Å²) < 4.78 is 4.66. The zero-order valence-corrected chi connectivity index (χ0v) is 6.17. The second-order valence-electron chi connectivity index (χ2n) is 2.77. The third kappa shape index (κ3) is 1.06. The minimum atomic E-state index is -0.199. The number of aromatic nitrogens is 1. The predicted octanol–water partition coefficient (Wildman–Crippen LogP) is 0.914. The Morgan fingerprint density at radius 1 is 1.36 bits per heavy atom. The molecule has 0 atom stereocenters. The largest absolute Gasteiger partial charge is 0.411 e. The highest BCUT2D eigenvalue weighted by Gasteiger charge is 2.13. The summed E-state index contributed by atoms with van der Waals surface area (Å²) in [7, 11) is 0. The molecule has 1 aromatic heterocycles. The Bertz CT molecular complexity index is 316. The Morgan fingerprint density at radius 2 is 2.18 bits per heavy atom. The monoisotopic (exact) mass is 151 g/mol. The molecule has 1 aliphatic carbocycles. The van der Waals surface area contributed by atoms with E-state index in [0.717, 1.165) is 36.9 Å². The summed E-state index contributed by atoms with van der Waals surface area (Å²) in [6, 6.07) is 0. The van der Waals surface area contributed by atoms with Gasteiger partial charge in [-0.05, 0) is 25.7 Å². The molecule has 0 radical (unpaired) electrons. The molecule has 1 aliphatic rings. The van der Waals surface area contributed by atoms with Crippen molar-refractivity contribution in [2.24, 2.45) is 0 Å². The van der Waals surface area contributed by atoms with E-state index >= 15 is 0 Å². The molecule has 11 heavy (non-hydrogen) atoms. The molecule has 0 saturated carbocycles. The molecular formula is C8H9NO2. The van der Waals surface area contributed by atoms with Crippen molar-refractivity contribution in [3.8, 4) is 0 Å². The number of nitrogens with zero attached hydrogens (tertiary/aromatic N) is 1. The molecule has 0 spiro atoms. The van der Waals surface area contributed by atoms with Crippen LogP contribution >= 0.6 is 0 Å². The molecule has 0 amide bonds. The number of aryl methyl sites for hydroxylation is 1. The first kappa shape index (κ1) is 6.58. The Labute approximate surface area is 64.1 Å². The van der Waals surface area contributed by atoms with Crippen LogP contribution in [0.4, 0.5) is 0 Å². The number of rotatable bonds is 0. The first-order valence-electron chi connectivity index (χ1n) is 3.83. The molecule has 58 valence electrons. The minimum Gasteiger partial charge on any atom is -0.411 e. The zero-order chi connectivity index (χ0) is 7.68. The van der Waals surface area contributed by atoms with E-state index in [1.165, 1.54) is 6.39 Å². The quantitative estimate of drug-likeness (QED) is 0.553. The second-order valence-corrected chi connectivity index (χ2v) is 2.77. The summed E-state index contributed by atoms with van der Waals surface area (Å²) in [6.07, 6.45) is 5.24. The lowest BCUT2D eigenvalue weighted by atomic mass is 9.98. The average Bonchev–Trinajstić information content (AvgIpc) is 2.06. The van der Waals surface area contributed by atoms with E-state index in [-0.39, 0.29) is 5.63 Å². The van der Waals surface area contributed by atoms with Crippen LogP contribution in [0, 0.1) is 0 Å². The van der Waals surface area contributed by atoms with Crippen LogP contribution in [0.2, 0.25) is 0 Å². The topological polar surface area (TPSA) is 43.1 Å². The summed E-state index contributed by atoms with van der Waals surface area (Å²) in [5.74, 6) is 0. The Kier molecular flexibility index (Phi) is 1.49. The molecule has 0 N–H and O–H groups in total. The maximum Gasteiger partial charge on any atom is 0.342 e. The van der Waals surface area contributed by atoms with Crippen LogP contribution < -0.4 is 5.63 Å². The number of hydrogen-bond acceptors (Lipinski definition) is 3. The van der Waals surface area contributed by atoms with E-state index in [9.17, 15) is 4.79 Å². The lowest BCUT2D eigenvalue weighted by Crippen LogP contribution is -2.16. The molecule has 0 bridgehead atoms. The van der Waals surface area contributed by atoms with Crippen molar-refractivity contribution in [2.75, 3.05) is 0 Å². The van der Waals surface area contributed by atoms with Crippen LogP contribution in [-0.4, -0.2) is 4.98 Å². The van der Waals surface area contributed by atoms with Crippen molar-refractivity contribution in [1.29, 1.82) is 0 Å². The van der Waals surface area contributed by atoms with E-state index in [1.54, 1.807) is 0 Å². The van der Waals surface area contributed by atoms with Crippen molar-refractivity contribution in [1.82, 2.24) is 4.98 Å². The fraction of sp³-hybridized carbons (Fsp3) is 0.500. The third-order valence-electron chi connectivity index (χ3n) is 2.05. The summed E-state index contributed by atoms with van der Waals surface area (Å²) in [5.41, 5.74) is 1.53. The summed E-state index contributed by atoms with van der Waals surface area (Å²) in [6.45, 7) is 0. The van der Waals surface area contributed by atoms with Crippen molar-refractivity contribution < 1.29 is 4.42 Å². The fourth-order valence-electron chi connectivity index (χ4n) is 1.46. The summed E-state index contributed by atoms with van der Waals surface area (Å²) in [4.78, 5) is 15.1. The van der Waals surface area contributed by atoms with Gasteiger partial charge in [0.15, 0.2) is 6.39 Å². The van der Waals surface area contributed by atoms with E-state index in [4.69, 9.17) is 0 Å². The van der Waals surface area contributed by atoms with E-state index in [2.05, 4.69) is 9.40 Å². The van der Waals surface area contributed by atoms with Gasteiger partial charge in [0.1, 0.15) is 0 Å². The van der Waals surface area contributed by atoms with Crippen LogP contribution in [-0.2, 0) is 12.8 Å². The number of hydrogen-bond donors (Lipinski definition) is 0. The molecule has 0 aromatic carbocycles. The van der Waals surface area contributed by atoms with Gasteiger partial charge in [0.2, 0.25) is 0 Å². The Hall–Kier alpha value is -1.12. The summed E-state index contributed by atoms with van der Waals surface area (Å²) in [5, 5.41) is 0. The van der Waals surface area contributed by atoms with Crippen molar-refractivity contribution >= 4 is 0 Å². The van der Waals surface area contributed by atoms with Crippen molar-refractivity contribution in [2.45, 2.75) is 25.7 Å². The van der Waals surface area contributed by atoms with Crippen LogP contribution in [0.3, 0.4) is 0 Å². The van der Waals surface area contributed by atoms with E-state index in [0.29, 0.717) is 0 Å². The lowest BCUT2D eigenvalue weighted by molar-refractivity contribution is 0.462. The van der Waals surface area contributed by atoms with Gasteiger partial charge in [-0.1, -0.05) is 0 Å². The Balaban J connectivity index is 2.58. The second kappa shape index (κ2) is 2.49. The van der Waals surface area contributed by atoms with Gasteiger partial charge in [-0.3, -0.25) is 0 Å². The highest BCUT2D eigenvalue weighted by atomic mass is 16.4. The van der Waals surface area contributed by atoms with E-state index < -0.39 is 0 Å². The van der Waals surface area contributed by atoms with E-state index in [1.807, 2.05) is 0 Å². The van der Waals surface area contributed by atoms with Gasteiger partial charge >= 0.3 is 5.63 Å². The highest BCUT2D eigenvalue weighted by Crippen LogP contribution is 2.14. The average molecular weight is 151 g/mol. The third-order valence-corrected chi connectivity index (χ3v) is 2.05. The Morgan fingerprint density at radius 3 is 3.00 bits per heavy atom. The molecule has 0 saturated heterocycles. The van der Waals surface area contributed by atoms with Crippen molar-refractivity contribution in [3.63, 3.8) is 0 Å². The van der Waals surface area contributed by atoms with Crippen LogP contribution in [0.5, 0.6) is 0 Å². The van der Waals surface area contributed by atoms with Gasteiger partial charge in [0.25, 0.3) is 0 Å². The SMILES string of the molecule is O=c1ocnc2c1CCCC2. The number of fused-ring (bicyclic) bond motifs is 1. The highest BCUT2D eigenvalue weighted by molar-refractivity contribution is 5.17. The minimum absolute atomic E-state index is 0.199. The summed E-state index contributed by atoms with van der Waals surface area (Å²) >= 11 is 0. The molecule has 1 heterocycles. The van der Waals surface area contributed by atoms with Gasteiger partial charge in [0, 0.05) is 0 Å². The molecule has 0 unspecified atom stereocenters. The smallest absolute Gasteiger partial charge is 0.342 e. The fourth-order valence-corrected chi connectivity index (χ4v) is 1.46. The molecule has 1 aromatic rings. The van der Waals surface area contributed by atoms with Crippen LogP contribution in [0.25, 0.3) is 0 Å². The van der Waals surface area contributed by atoms with Crippen molar-refractivity contribution in [3.05, 3.63) is 28.1 Å². The maximum atomic E-state index is 11.1. The maximum absolute atomic E-state index is 11.1. The van der Waals surface area contributed by atoms with Gasteiger partial charge in [0.05, 0.1) is 11.3 Å². The molecule has 3 heteroatoms. The molecular weight excluding hydrogens is 142 g/mol. The van der Waals surface area contributed by atoms with Gasteiger partial charge in [-0.25, -0.2) is 9.78 Å². The first-order chi connectivity index (χ1) is 5.38. The molecule has 0 fully saturated rings. The van der Waals surface area contributed by atoms with Gasteiger partial charge in [-0.15, -0.1) is 0 Å². The lowest BCUT2D eigenvalue weighted by Gasteiger charge is -2.10. The molecule has 3 nitrogen and oxygen atoms in total. The standard InChI is InChI=1S/C8H9NO2/c10-8-6-3-1-2-4-7(6)9-5-11-8/h5H,1-4H2. The molecule has 2 rings (SSSR count). The predicted molar refractivity (Wildman–Crippen MR) is 39.4 cm³/mol. The zero-order valence-electron chi connectivity index (χ0n) is 6.17. The normalized spacial score (nSPS) is 16.0. The van der Waals surface area contributed by atoms with Gasteiger partial charge in [-0.2, -0.15) is 0 Å².